The van der Waals surface area contributed by atoms with Crippen LogP contribution in [0.3, 0.4) is 0 Å². The van der Waals surface area contributed by atoms with Crippen molar-refractivity contribution in [2.75, 3.05) is 0 Å². The minimum atomic E-state index is -0.213. The number of nitrogens with one attached hydrogen (secondary N) is 1. The molecule has 0 aliphatic carbocycles. The monoisotopic (exact) mass is 258 g/mol. The zero-order chi connectivity index (χ0) is 13.7. The number of carbonyl (C=O) groups excluding carboxylic acids is 1. The highest BCUT2D eigenvalue weighted by Crippen LogP contribution is 2.17. The van der Waals surface area contributed by atoms with Gasteiger partial charge in [0.25, 0.3) is 5.91 Å². The van der Waals surface area contributed by atoms with Crippen molar-refractivity contribution in [2.45, 2.75) is 25.9 Å². The Morgan fingerprint density at radius 3 is 2.58 bits per heavy atom. The van der Waals surface area contributed by atoms with Crippen LogP contribution in [0, 0.1) is 0 Å². The van der Waals surface area contributed by atoms with Crippen molar-refractivity contribution in [3.8, 4) is 0 Å². The van der Waals surface area contributed by atoms with E-state index in [9.17, 15) is 4.79 Å². The molecule has 3 N–H and O–H groups in total. The van der Waals surface area contributed by atoms with Gasteiger partial charge in [-0.25, -0.2) is 0 Å². The zero-order valence-electron chi connectivity index (χ0n) is 10.9. The summed E-state index contributed by atoms with van der Waals surface area (Å²) in [5.41, 5.74) is 6.54. The van der Waals surface area contributed by atoms with Gasteiger partial charge in [0.1, 0.15) is 5.76 Å². The lowest BCUT2D eigenvalue weighted by Crippen LogP contribution is -2.27. The maximum Gasteiger partial charge on any atom is 0.287 e. The van der Waals surface area contributed by atoms with Crippen LogP contribution >= 0.6 is 0 Å². The number of rotatable bonds is 5. The summed E-state index contributed by atoms with van der Waals surface area (Å²) in [7, 11) is 0. The maximum atomic E-state index is 12.1. The third-order valence-corrected chi connectivity index (χ3v) is 3.00. The van der Waals surface area contributed by atoms with Crippen molar-refractivity contribution in [1.82, 2.24) is 5.32 Å². The summed E-state index contributed by atoms with van der Waals surface area (Å²) in [6, 6.07) is 13.2. The molecule has 1 aromatic carbocycles. The lowest BCUT2D eigenvalue weighted by molar-refractivity contribution is 0.0905. The summed E-state index contributed by atoms with van der Waals surface area (Å²) in [5, 5.41) is 2.96. The standard InChI is InChI=1S/C15H18N2O2/c1-2-13(11-6-4-3-5-7-11)17-15(18)14-9-8-12(10-16)19-14/h3-9,13H,2,10,16H2,1H3,(H,17,18). The Morgan fingerprint density at radius 1 is 1.26 bits per heavy atom. The second kappa shape index (κ2) is 6.20. The average molecular weight is 258 g/mol. The van der Waals surface area contributed by atoms with E-state index in [0.29, 0.717) is 18.1 Å². The summed E-state index contributed by atoms with van der Waals surface area (Å²) in [6.45, 7) is 2.33. The van der Waals surface area contributed by atoms with E-state index < -0.39 is 0 Å². The molecule has 1 heterocycles. The van der Waals surface area contributed by atoms with Crippen molar-refractivity contribution in [3.63, 3.8) is 0 Å². The second-order valence-electron chi connectivity index (χ2n) is 4.32. The lowest BCUT2D eigenvalue weighted by Gasteiger charge is -2.16. The molecule has 1 unspecified atom stereocenters. The Balaban J connectivity index is 2.08. The van der Waals surface area contributed by atoms with Crippen LogP contribution in [0.15, 0.2) is 46.9 Å². The molecular weight excluding hydrogens is 240 g/mol. The number of benzene rings is 1. The first-order valence-corrected chi connectivity index (χ1v) is 6.39. The molecule has 1 amide bonds. The van der Waals surface area contributed by atoms with Crippen LogP contribution in [0.5, 0.6) is 0 Å². The predicted molar refractivity (Wildman–Crippen MR) is 73.5 cm³/mol. The fourth-order valence-corrected chi connectivity index (χ4v) is 1.95. The van der Waals surface area contributed by atoms with Crippen molar-refractivity contribution >= 4 is 5.91 Å². The van der Waals surface area contributed by atoms with Crippen LogP contribution in [0.1, 0.15) is 41.3 Å². The Labute approximate surface area is 112 Å². The minimum absolute atomic E-state index is 0.0138. The number of furan rings is 1. The highest BCUT2D eigenvalue weighted by atomic mass is 16.4. The van der Waals surface area contributed by atoms with E-state index in [2.05, 4.69) is 5.32 Å². The van der Waals surface area contributed by atoms with Gasteiger partial charge >= 0.3 is 0 Å². The SMILES string of the molecule is CCC(NC(=O)c1ccc(CN)o1)c1ccccc1. The summed E-state index contributed by atoms with van der Waals surface area (Å²) in [6.07, 6.45) is 0.820. The second-order valence-corrected chi connectivity index (χ2v) is 4.32. The molecule has 0 bridgehead atoms. The van der Waals surface area contributed by atoms with Gasteiger partial charge in [-0.2, -0.15) is 0 Å². The van der Waals surface area contributed by atoms with Crippen molar-refractivity contribution in [2.24, 2.45) is 5.73 Å². The van der Waals surface area contributed by atoms with Crippen LogP contribution in [-0.4, -0.2) is 5.91 Å². The number of hydrogen-bond donors (Lipinski definition) is 2. The van der Waals surface area contributed by atoms with Crippen LogP contribution in [0.4, 0.5) is 0 Å². The molecule has 2 rings (SSSR count). The highest BCUT2D eigenvalue weighted by molar-refractivity contribution is 5.91. The summed E-state index contributed by atoms with van der Waals surface area (Å²) in [4.78, 5) is 12.1. The van der Waals surface area contributed by atoms with E-state index in [1.54, 1.807) is 12.1 Å². The van der Waals surface area contributed by atoms with Crippen LogP contribution in [0.2, 0.25) is 0 Å². The van der Waals surface area contributed by atoms with E-state index in [4.69, 9.17) is 10.2 Å². The van der Waals surface area contributed by atoms with Crippen LogP contribution in [0.25, 0.3) is 0 Å². The molecule has 4 heteroatoms. The van der Waals surface area contributed by atoms with E-state index >= 15 is 0 Å². The molecule has 19 heavy (non-hydrogen) atoms. The van der Waals surface area contributed by atoms with Crippen molar-refractivity contribution in [1.29, 1.82) is 0 Å². The predicted octanol–water partition coefficient (Wildman–Crippen LogP) is 2.62. The Bertz CT molecular complexity index is 534. The fraction of sp³-hybridized carbons (Fsp3) is 0.267. The molecule has 100 valence electrons. The first-order chi connectivity index (χ1) is 9.24. The topological polar surface area (TPSA) is 68.3 Å². The molecule has 0 fully saturated rings. The molecule has 4 nitrogen and oxygen atoms in total. The normalized spacial score (nSPS) is 12.1. The summed E-state index contributed by atoms with van der Waals surface area (Å²) in [5.74, 6) is 0.697. The largest absolute Gasteiger partial charge is 0.455 e. The number of nitrogens with two attached hydrogens (primary N) is 1. The number of hydrogen-bond acceptors (Lipinski definition) is 3. The van der Waals surface area contributed by atoms with Gasteiger partial charge in [-0.3, -0.25) is 4.79 Å². The molecule has 0 spiro atoms. The summed E-state index contributed by atoms with van der Waals surface area (Å²) < 4.78 is 5.34. The fourth-order valence-electron chi connectivity index (χ4n) is 1.95. The Hall–Kier alpha value is -2.07. The lowest BCUT2D eigenvalue weighted by atomic mass is 10.0. The minimum Gasteiger partial charge on any atom is -0.455 e. The maximum absolute atomic E-state index is 12.1. The van der Waals surface area contributed by atoms with Gasteiger partial charge in [-0.1, -0.05) is 37.3 Å². The van der Waals surface area contributed by atoms with Gasteiger partial charge in [-0.15, -0.1) is 0 Å². The molecule has 0 saturated carbocycles. The van der Waals surface area contributed by atoms with Gasteiger partial charge in [0.05, 0.1) is 12.6 Å². The van der Waals surface area contributed by atoms with Crippen molar-refractivity contribution in [3.05, 3.63) is 59.5 Å². The highest BCUT2D eigenvalue weighted by Gasteiger charge is 2.16. The van der Waals surface area contributed by atoms with E-state index in [1.165, 1.54) is 0 Å². The smallest absolute Gasteiger partial charge is 0.287 e. The molecule has 0 aliphatic heterocycles. The van der Waals surface area contributed by atoms with Crippen molar-refractivity contribution < 1.29 is 9.21 Å². The van der Waals surface area contributed by atoms with E-state index in [0.717, 1.165) is 12.0 Å². The van der Waals surface area contributed by atoms with Crippen LogP contribution < -0.4 is 11.1 Å². The molecule has 0 saturated heterocycles. The van der Waals surface area contributed by atoms with Gasteiger partial charge < -0.3 is 15.5 Å². The first-order valence-electron chi connectivity index (χ1n) is 6.39. The van der Waals surface area contributed by atoms with Gasteiger partial charge in [0.15, 0.2) is 5.76 Å². The number of amides is 1. The molecular formula is C15H18N2O2. The van der Waals surface area contributed by atoms with Gasteiger partial charge in [0, 0.05) is 0 Å². The molecule has 0 radical (unpaired) electrons. The molecule has 0 aliphatic rings. The molecule has 1 aromatic heterocycles. The molecule has 1 atom stereocenters. The third-order valence-electron chi connectivity index (χ3n) is 3.00. The van der Waals surface area contributed by atoms with Gasteiger partial charge in [0.2, 0.25) is 0 Å². The van der Waals surface area contributed by atoms with E-state index in [-0.39, 0.29) is 11.9 Å². The zero-order valence-corrected chi connectivity index (χ0v) is 10.9. The molecule has 2 aromatic rings. The quantitative estimate of drug-likeness (QED) is 0.866. The van der Waals surface area contributed by atoms with Crippen LogP contribution in [-0.2, 0) is 6.54 Å². The summed E-state index contributed by atoms with van der Waals surface area (Å²) >= 11 is 0. The number of carbonyl (C=O) groups is 1. The Kier molecular flexibility index (Phi) is 4.36. The van der Waals surface area contributed by atoms with E-state index in [1.807, 2.05) is 37.3 Å². The average Bonchev–Trinajstić information content (AvgIpc) is 2.94. The third kappa shape index (κ3) is 3.23. The Morgan fingerprint density at radius 2 is 2.00 bits per heavy atom. The van der Waals surface area contributed by atoms with Gasteiger partial charge in [-0.05, 0) is 24.1 Å². The first kappa shape index (κ1) is 13.4.